The Kier molecular flexibility index (Phi) is 57.0. The zero-order chi connectivity index (χ0) is 24.9. The number of rotatable bonds is 8. The van der Waals surface area contributed by atoms with Gasteiger partial charge in [0.25, 0.3) is 0 Å². The third-order valence-corrected chi connectivity index (χ3v) is 3.99. The van der Waals surface area contributed by atoms with Crippen LogP contribution in [0.25, 0.3) is 10.8 Å². The van der Waals surface area contributed by atoms with E-state index < -0.39 is 0 Å². The van der Waals surface area contributed by atoms with Crippen LogP contribution in [0, 0.1) is 65.8 Å². The number of allylic oxidation sites excluding steroid dienone is 4. The third-order valence-electron chi connectivity index (χ3n) is 3.99. The molecule has 0 spiro atoms. The Morgan fingerprint density at radius 2 is 1.03 bits per heavy atom. The molecule has 0 atom stereocenters. The maximum absolute atomic E-state index is 7.69. The molecule has 2 rings (SSSR count). The SMILES string of the molecule is Cc1c[c-]c(N=[C-]C=[C-]C[C-]=C[C-]=Nc2[c-]cc(C)c(C)c2)cc1C.[CH2-]CC=[N-].[CH2-]CC=[N-].[Ir].[Ir].[W+2].[W+2].[Y].[Y]. The minimum absolute atomic E-state index is 0. The molecule has 0 aromatic heterocycles. The van der Waals surface area contributed by atoms with Crippen LogP contribution < -0.4 is 0 Å². The van der Waals surface area contributed by atoms with Crippen molar-refractivity contribution in [3.8, 4) is 0 Å². The van der Waals surface area contributed by atoms with E-state index in [1.165, 1.54) is 22.3 Å². The molecule has 0 amide bonds. The fourth-order valence-corrected chi connectivity index (χ4v) is 1.90. The zero-order valence-corrected chi connectivity index (χ0v) is 38.9. The average Bonchev–Trinajstić information content (AvgIpc) is 2.82. The molecule has 4 radical (unpaired) electrons. The van der Waals surface area contributed by atoms with Crippen LogP contribution in [-0.4, -0.2) is 24.9 Å². The molecule has 0 fully saturated rings. The van der Waals surface area contributed by atoms with Crippen molar-refractivity contribution in [2.24, 2.45) is 9.98 Å². The molecule has 0 aliphatic carbocycles. The van der Waals surface area contributed by atoms with Crippen molar-refractivity contribution >= 4 is 36.2 Å². The summed E-state index contributed by atoms with van der Waals surface area (Å²) < 4.78 is 0. The summed E-state index contributed by atoms with van der Waals surface area (Å²) in [6, 6.07) is 14.0. The number of benzene rings is 2. The van der Waals surface area contributed by atoms with Gasteiger partial charge in [-0.25, -0.2) is 12.4 Å². The second kappa shape index (κ2) is 39.5. The summed E-state index contributed by atoms with van der Waals surface area (Å²) in [5, 5.41) is 15.4. The van der Waals surface area contributed by atoms with Gasteiger partial charge in [0.15, 0.2) is 0 Å². The molecule has 0 bridgehead atoms. The van der Waals surface area contributed by atoms with E-state index in [9.17, 15) is 0 Å². The van der Waals surface area contributed by atoms with Gasteiger partial charge >= 0.3 is 42.1 Å². The molecular formula is C29H30Ir2N4W2Y2-6. The first-order chi connectivity index (χ1) is 15.9. The fourth-order valence-electron chi connectivity index (χ4n) is 1.90. The maximum atomic E-state index is 7.69. The molecule has 0 saturated carbocycles. The van der Waals surface area contributed by atoms with E-state index in [2.05, 4.69) is 88.2 Å². The first kappa shape index (κ1) is 56.3. The van der Waals surface area contributed by atoms with Gasteiger partial charge in [-0.15, -0.1) is 6.07 Å². The Bertz CT molecular complexity index is 906. The van der Waals surface area contributed by atoms with E-state index in [4.69, 9.17) is 10.8 Å². The van der Waals surface area contributed by atoms with Gasteiger partial charge in [0.1, 0.15) is 0 Å². The van der Waals surface area contributed by atoms with Crippen molar-refractivity contribution in [2.75, 3.05) is 0 Å². The largest absolute Gasteiger partial charge is 2.00 e. The molecule has 208 valence electrons. The van der Waals surface area contributed by atoms with Crippen LogP contribution in [0.15, 0.2) is 46.4 Å². The number of aryl methyl sites for hydroxylation is 4. The minimum Gasteiger partial charge on any atom is -0.816 e. The van der Waals surface area contributed by atoms with E-state index in [0.717, 1.165) is 23.8 Å². The Morgan fingerprint density at radius 3 is 1.28 bits per heavy atom. The van der Waals surface area contributed by atoms with Gasteiger partial charge < -0.3 is 59.1 Å². The standard InChI is InChI=1S/C23H20N2.2C3H5N.2Ir.2W.2Y/c1-18-10-12-22(16-20(18)3)24-14-8-6-5-7-9-15-25-23-13-11-19(2)21(4)17-23;2*1-2-3-4;;;;;;/h8-11,16-17H,5H2,1-4H3;2*3H,1-2H2;;;;;;/q-6;2*-2;;;2*+2;;. The van der Waals surface area contributed by atoms with E-state index in [-0.39, 0.29) is 148 Å². The second-order valence-electron chi connectivity index (χ2n) is 6.67. The summed E-state index contributed by atoms with van der Waals surface area (Å²) >= 11 is 0. The van der Waals surface area contributed by atoms with Crippen LogP contribution in [0.2, 0.25) is 0 Å². The van der Waals surface area contributed by atoms with Crippen LogP contribution in [0.1, 0.15) is 41.5 Å². The first-order valence-electron chi connectivity index (χ1n) is 10.4. The van der Waals surface area contributed by atoms with Crippen molar-refractivity contribution in [3.63, 3.8) is 0 Å². The van der Waals surface area contributed by atoms with Gasteiger partial charge in [-0.2, -0.15) is 53.3 Å². The number of hydrogen-bond donors (Lipinski definition) is 0. The van der Waals surface area contributed by atoms with Crippen molar-refractivity contribution < 1.29 is 148 Å². The molecule has 0 saturated heterocycles. The summed E-state index contributed by atoms with van der Waals surface area (Å²) in [4.78, 5) is 8.39. The third kappa shape index (κ3) is 32.2. The van der Waals surface area contributed by atoms with Gasteiger partial charge in [0.2, 0.25) is 0 Å². The van der Waals surface area contributed by atoms with Crippen molar-refractivity contribution in [3.05, 3.63) is 108 Å². The van der Waals surface area contributed by atoms with Gasteiger partial charge in [0, 0.05) is 106 Å². The summed E-state index contributed by atoms with van der Waals surface area (Å²) in [5.41, 5.74) is 6.34. The number of aliphatic imine (C=N–C) groups is 2. The van der Waals surface area contributed by atoms with E-state index in [1.54, 1.807) is 12.2 Å². The Labute approximate surface area is 343 Å². The number of nitrogens with zero attached hydrogens (tertiary/aromatic N) is 4. The monoisotopic (exact) mass is 1370 g/mol. The van der Waals surface area contributed by atoms with Gasteiger partial charge in [-0.3, -0.25) is 36.5 Å². The fraction of sp³-hybridized carbons (Fsp3) is 0.241. The molecule has 0 heterocycles. The molecule has 4 nitrogen and oxygen atoms in total. The van der Waals surface area contributed by atoms with E-state index in [0.29, 0.717) is 19.3 Å². The Morgan fingerprint density at radius 1 is 0.718 bits per heavy atom. The maximum Gasteiger partial charge on any atom is 2.00 e. The topological polar surface area (TPSA) is 69.3 Å². The normalized spacial score (nSPS) is 9.18. The molecule has 0 N–H and O–H groups in total. The van der Waals surface area contributed by atoms with Crippen LogP contribution in [0.3, 0.4) is 0 Å². The molecule has 0 aliphatic heterocycles. The Balaban J connectivity index is -0.000000130. The average molecular weight is 1360 g/mol. The molecule has 0 unspecified atom stereocenters. The zero-order valence-electron chi connectivity index (χ0n) is 22.6. The predicted octanol–water partition coefficient (Wildman–Crippen LogP) is 7.17. The second-order valence-corrected chi connectivity index (χ2v) is 6.67. The minimum atomic E-state index is 0. The molecule has 39 heavy (non-hydrogen) atoms. The summed E-state index contributed by atoms with van der Waals surface area (Å²) in [5.74, 6) is 0. The van der Waals surface area contributed by atoms with Crippen molar-refractivity contribution in [1.29, 1.82) is 0 Å². The van der Waals surface area contributed by atoms with Crippen LogP contribution >= 0.6 is 0 Å². The molecule has 0 aliphatic rings. The number of hydrogen-bond acceptors (Lipinski definition) is 2. The van der Waals surface area contributed by atoms with Crippen molar-refractivity contribution in [2.45, 2.75) is 47.0 Å². The quantitative estimate of drug-likeness (QED) is 0.199. The predicted molar refractivity (Wildman–Crippen MR) is 143 cm³/mol. The van der Waals surface area contributed by atoms with E-state index >= 15 is 0 Å². The molecule has 10 heteroatoms. The van der Waals surface area contributed by atoms with Crippen molar-refractivity contribution in [1.82, 2.24) is 0 Å². The van der Waals surface area contributed by atoms with Gasteiger partial charge in [-0.1, -0.05) is 33.4 Å². The van der Waals surface area contributed by atoms with E-state index in [1.807, 2.05) is 24.3 Å². The van der Waals surface area contributed by atoms with Crippen LogP contribution in [-0.2, 0) is 148 Å². The summed E-state index contributed by atoms with van der Waals surface area (Å²) in [6.45, 7) is 14.8. The smallest absolute Gasteiger partial charge is 0.816 e. The van der Waals surface area contributed by atoms with Gasteiger partial charge in [0.05, 0.1) is 0 Å². The van der Waals surface area contributed by atoms with Crippen LogP contribution in [0.4, 0.5) is 11.4 Å². The van der Waals surface area contributed by atoms with Crippen LogP contribution in [0.5, 0.6) is 0 Å². The summed E-state index contributed by atoms with van der Waals surface area (Å²) in [7, 11) is 0. The summed E-state index contributed by atoms with van der Waals surface area (Å²) in [6.07, 6.45) is 18.6. The molecular weight excluding hydrogens is 1330 g/mol. The first-order valence-corrected chi connectivity index (χ1v) is 10.4. The Hall–Kier alpha value is 1.48. The van der Waals surface area contributed by atoms with Gasteiger partial charge in [-0.05, 0) is 0 Å². The molecule has 2 aromatic rings. The molecule has 2 aromatic carbocycles.